The van der Waals surface area contributed by atoms with Crippen molar-refractivity contribution in [3.63, 3.8) is 0 Å². The number of benzene rings is 1. The highest BCUT2D eigenvalue weighted by Gasteiger charge is 2.28. The van der Waals surface area contributed by atoms with Crippen molar-refractivity contribution in [1.82, 2.24) is 15.1 Å². The average molecular weight is 353 g/mol. The van der Waals surface area contributed by atoms with Gasteiger partial charge >= 0.3 is 0 Å². The van der Waals surface area contributed by atoms with E-state index in [0.29, 0.717) is 0 Å². The second-order valence-electron chi connectivity index (χ2n) is 6.18. The summed E-state index contributed by atoms with van der Waals surface area (Å²) in [7, 11) is 5.60. The van der Waals surface area contributed by atoms with Crippen molar-refractivity contribution in [3.05, 3.63) is 34.9 Å². The maximum absolute atomic E-state index is 6.25. The molecule has 1 saturated carbocycles. The summed E-state index contributed by atoms with van der Waals surface area (Å²) >= 11 is 6.25. The summed E-state index contributed by atoms with van der Waals surface area (Å²) < 4.78 is 5.21. The van der Waals surface area contributed by atoms with Gasteiger partial charge in [-0.1, -0.05) is 29.8 Å². The largest absolute Gasteiger partial charge is 0.383 e. The molecule has 134 valence electrons. The van der Waals surface area contributed by atoms with Crippen LogP contribution in [0, 0.1) is 0 Å². The molecule has 0 saturated heterocycles. The fraction of sp³-hybridized carbons (Fsp3) is 0.611. The van der Waals surface area contributed by atoms with Gasteiger partial charge in [0.15, 0.2) is 5.96 Å². The molecule has 1 aliphatic carbocycles. The van der Waals surface area contributed by atoms with E-state index in [-0.39, 0.29) is 0 Å². The van der Waals surface area contributed by atoms with E-state index < -0.39 is 0 Å². The standard InChI is InChI=1S/C18H29ClN4O/c1-20-18(22(2)14-15-6-4-5-7-17(15)19)21-10-11-23(12-13-24-3)16-8-9-16/h4-7,16H,8-14H2,1-3H3,(H,20,21). The van der Waals surface area contributed by atoms with Gasteiger partial charge in [-0.25, -0.2) is 0 Å². The van der Waals surface area contributed by atoms with Crippen LogP contribution in [-0.2, 0) is 11.3 Å². The van der Waals surface area contributed by atoms with Gasteiger partial charge in [-0.05, 0) is 24.5 Å². The zero-order valence-electron chi connectivity index (χ0n) is 15.0. The molecular formula is C18H29ClN4O. The highest BCUT2D eigenvalue weighted by molar-refractivity contribution is 6.31. The van der Waals surface area contributed by atoms with Gasteiger partial charge in [0.1, 0.15) is 0 Å². The van der Waals surface area contributed by atoms with Crippen LogP contribution >= 0.6 is 11.6 Å². The molecular weight excluding hydrogens is 324 g/mol. The molecule has 1 aliphatic rings. The van der Waals surface area contributed by atoms with E-state index in [1.165, 1.54) is 12.8 Å². The van der Waals surface area contributed by atoms with Gasteiger partial charge in [-0.3, -0.25) is 9.89 Å². The van der Waals surface area contributed by atoms with Crippen LogP contribution in [0.3, 0.4) is 0 Å². The number of guanidine groups is 1. The van der Waals surface area contributed by atoms with Crippen LogP contribution in [0.1, 0.15) is 18.4 Å². The molecule has 1 fully saturated rings. The first-order valence-electron chi connectivity index (χ1n) is 8.54. The van der Waals surface area contributed by atoms with E-state index in [4.69, 9.17) is 16.3 Å². The lowest BCUT2D eigenvalue weighted by Crippen LogP contribution is -2.43. The van der Waals surface area contributed by atoms with Crippen LogP contribution in [0.25, 0.3) is 0 Å². The Morgan fingerprint density at radius 2 is 2.08 bits per heavy atom. The van der Waals surface area contributed by atoms with Crippen molar-refractivity contribution in [2.45, 2.75) is 25.4 Å². The van der Waals surface area contributed by atoms with Gasteiger partial charge in [0.05, 0.1) is 6.61 Å². The maximum Gasteiger partial charge on any atom is 0.193 e. The number of hydrogen-bond acceptors (Lipinski definition) is 3. The lowest BCUT2D eigenvalue weighted by molar-refractivity contribution is 0.144. The third-order valence-electron chi connectivity index (χ3n) is 4.27. The third-order valence-corrected chi connectivity index (χ3v) is 4.64. The minimum absolute atomic E-state index is 0.732. The molecule has 0 aromatic heterocycles. The van der Waals surface area contributed by atoms with Crippen molar-refractivity contribution < 1.29 is 4.74 Å². The molecule has 1 aromatic rings. The summed E-state index contributed by atoms with van der Waals surface area (Å²) in [5.41, 5.74) is 1.10. The molecule has 1 N–H and O–H groups in total. The fourth-order valence-corrected chi connectivity index (χ4v) is 2.97. The first-order valence-corrected chi connectivity index (χ1v) is 8.91. The topological polar surface area (TPSA) is 40.1 Å². The van der Waals surface area contributed by atoms with Crippen molar-refractivity contribution in [2.75, 3.05) is 47.4 Å². The predicted octanol–water partition coefficient (Wildman–Crippen LogP) is 2.46. The molecule has 0 aliphatic heterocycles. The Labute approximate surface area is 150 Å². The Balaban J connectivity index is 1.79. The Kier molecular flexibility index (Phi) is 7.82. The van der Waals surface area contributed by atoms with Crippen LogP contribution < -0.4 is 5.32 Å². The molecule has 0 spiro atoms. The number of ether oxygens (including phenoxy) is 1. The minimum atomic E-state index is 0.732. The van der Waals surface area contributed by atoms with E-state index in [0.717, 1.165) is 55.4 Å². The fourth-order valence-electron chi connectivity index (χ4n) is 2.78. The number of methoxy groups -OCH3 is 1. The summed E-state index contributed by atoms with van der Waals surface area (Å²) in [6, 6.07) is 8.67. The zero-order valence-corrected chi connectivity index (χ0v) is 15.7. The summed E-state index contributed by atoms with van der Waals surface area (Å²) in [6.45, 7) is 4.40. The summed E-state index contributed by atoms with van der Waals surface area (Å²) in [5, 5.41) is 4.24. The Morgan fingerprint density at radius 1 is 1.33 bits per heavy atom. The molecule has 2 rings (SSSR count). The molecule has 1 aromatic carbocycles. The summed E-state index contributed by atoms with van der Waals surface area (Å²) in [5.74, 6) is 0.886. The average Bonchev–Trinajstić information content (AvgIpc) is 3.41. The molecule has 0 bridgehead atoms. The molecule has 0 amide bonds. The molecule has 24 heavy (non-hydrogen) atoms. The lowest BCUT2D eigenvalue weighted by Gasteiger charge is -2.25. The quantitative estimate of drug-likeness (QED) is 0.547. The van der Waals surface area contributed by atoms with Gasteiger partial charge in [-0.15, -0.1) is 0 Å². The van der Waals surface area contributed by atoms with Gasteiger partial charge in [0, 0.05) is 58.4 Å². The summed E-state index contributed by atoms with van der Waals surface area (Å²) in [4.78, 5) is 8.97. The van der Waals surface area contributed by atoms with Crippen molar-refractivity contribution in [3.8, 4) is 0 Å². The highest BCUT2D eigenvalue weighted by Crippen LogP contribution is 2.26. The van der Waals surface area contributed by atoms with Crippen LogP contribution in [0.4, 0.5) is 0 Å². The number of halogens is 1. The SMILES string of the molecule is CN=C(NCCN(CCOC)C1CC1)N(C)Cc1ccccc1Cl. The second kappa shape index (κ2) is 9.87. The molecule has 0 radical (unpaired) electrons. The van der Waals surface area contributed by atoms with Crippen LogP contribution in [0.15, 0.2) is 29.3 Å². The predicted molar refractivity (Wildman–Crippen MR) is 101 cm³/mol. The number of nitrogens with one attached hydrogen (secondary N) is 1. The highest BCUT2D eigenvalue weighted by atomic mass is 35.5. The van der Waals surface area contributed by atoms with Gasteiger partial charge in [-0.2, -0.15) is 0 Å². The maximum atomic E-state index is 6.25. The number of aliphatic imine (C=N–C) groups is 1. The normalized spacial score (nSPS) is 15.0. The minimum Gasteiger partial charge on any atom is -0.383 e. The van der Waals surface area contributed by atoms with Gasteiger partial charge in [0.2, 0.25) is 0 Å². The van der Waals surface area contributed by atoms with Gasteiger partial charge < -0.3 is 15.0 Å². The molecule has 0 heterocycles. The van der Waals surface area contributed by atoms with Crippen molar-refractivity contribution >= 4 is 17.6 Å². The third kappa shape index (κ3) is 5.96. The summed E-state index contributed by atoms with van der Waals surface area (Å²) in [6.07, 6.45) is 2.62. The van der Waals surface area contributed by atoms with Crippen LogP contribution in [0.5, 0.6) is 0 Å². The number of rotatable bonds is 9. The van der Waals surface area contributed by atoms with Crippen molar-refractivity contribution in [2.24, 2.45) is 4.99 Å². The van der Waals surface area contributed by atoms with Crippen molar-refractivity contribution in [1.29, 1.82) is 0 Å². The van der Waals surface area contributed by atoms with E-state index in [9.17, 15) is 0 Å². The van der Waals surface area contributed by atoms with Crippen LogP contribution in [-0.4, -0.2) is 69.2 Å². The monoisotopic (exact) mass is 352 g/mol. The molecule has 0 unspecified atom stereocenters. The Hall–Kier alpha value is -1.30. The first-order chi connectivity index (χ1) is 11.7. The first kappa shape index (κ1) is 19.0. The Morgan fingerprint density at radius 3 is 2.71 bits per heavy atom. The molecule has 5 nitrogen and oxygen atoms in total. The zero-order chi connectivity index (χ0) is 17.4. The molecule has 0 atom stereocenters. The Bertz CT molecular complexity index is 534. The van der Waals surface area contributed by atoms with E-state index >= 15 is 0 Å². The molecule has 6 heteroatoms. The van der Waals surface area contributed by atoms with E-state index in [1.54, 1.807) is 7.11 Å². The van der Waals surface area contributed by atoms with E-state index in [1.807, 2.05) is 38.4 Å². The smallest absolute Gasteiger partial charge is 0.193 e. The number of nitrogens with zero attached hydrogens (tertiary/aromatic N) is 3. The number of hydrogen-bond donors (Lipinski definition) is 1. The second-order valence-corrected chi connectivity index (χ2v) is 6.59. The van der Waals surface area contributed by atoms with Crippen LogP contribution in [0.2, 0.25) is 5.02 Å². The van der Waals surface area contributed by atoms with Gasteiger partial charge in [0.25, 0.3) is 0 Å². The van der Waals surface area contributed by atoms with E-state index in [2.05, 4.69) is 20.1 Å². The lowest BCUT2D eigenvalue weighted by atomic mass is 10.2.